The Morgan fingerprint density at radius 1 is 1.39 bits per heavy atom. The third-order valence-electron chi connectivity index (χ3n) is 2.56. The van der Waals surface area contributed by atoms with Crippen LogP contribution in [0.2, 0.25) is 0 Å². The van der Waals surface area contributed by atoms with Gasteiger partial charge < -0.3 is 9.47 Å². The van der Waals surface area contributed by atoms with E-state index in [9.17, 15) is 0 Å². The van der Waals surface area contributed by atoms with Gasteiger partial charge in [0, 0.05) is 0 Å². The van der Waals surface area contributed by atoms with Crippen molar-refractivity contribution in [3.63, 3.8) is 0 Å². The largest absolute Gasteiger partial charge is 0.497 e. The first-order valence-electron chi connectivity index (χ1n) is 5.84. The number of hydrogen-bond donors (Lipinski definition) is 0. The summed E-state index contributed by atoms with van der Waals surface area (Å²) in [6.07, 6.45) is 8.72. The molecule has 0 aliphatic carbocycles. The van der Waals surface area contributed by atoms with Crippen LogP contribution in [-0.4, -0.2) is 19.8 Å². The number of hydrogen-bond acceptors (Lipinski definition) is 2. The summed E-state index contributed by atoms with van der Waals surface area (Å²) < 4.78 is 10.6. The highest BCUT2D eigenvalue weighted by Crippen LogP contribution is 2.14. The molecule has 0 bridgehead atoms. The minimum atomic E-state index is -0.0272. The van der Waals surface area contributed by atoms with Crippen LogP contribution in [0.5, 0.6) is 5.75 Å². The fraction of sp³-hybridized carbons (Fsp3) is 0.312. The Morgan fingerprint density at radius 3 is 2.67 bits per heavy atom. The summed E-state index contributed by atoms with van der Waals surface area (Å²) in [7, 11) is 1.66. The summed E-state index contributed by atoms with van der Waals surface area (Å²) in [5, 5.41) is 0. The van der Waals surface area contributed by atoms with E-state index >= 15 is 0 Å². The number of methoxy groups -OCH3 is 1. The second-order valence-electron chi connectivity index (χ2n) is 3.81. The molecule has 0 amide bonds. The van der Waals surface area contributed by atoms with Crippen LogP contribution in [0.15, 0.2) is 42.7 Å². The molecule has 0 saturated carbocycles. The number of terminal acetylenes is 1. The average Bonchev–Trinajstić information content (AvgIpc) is 2.42. The number of ether oxygens (including phenoxy) is 2. The van der Waals surface area contributed by atoms with Crippen LogP contribution < -0.4 is 4.74 Å². The first kappa shape index (κ1) is 14.1. The van der Waals surface area contributed by atoms with Crippen molar-refractivity contribution in [2.75, 3.05) is 13.7 Å². The van der Waals surface area contributed by atoms with E-state index in [0.717, 1.165) is 18.6 Å². The standard InChI is InChI=1S/C16H18O2/c1-4-6-16(18-13-5-2)12-9-14-7-10-15(17-3)11-8-14/h2,6-8,10-11,16H,1,9,12-13H2,3H3. The minimum Gasteiger partial charge on any atom is -0.497 e. The topological polar surface area (TPSA) is 18.5 Å². The zero-order valence-corrected chi connectivity index (χ0v) is 10.7. The van der Waals surface area contributed by atoms with Gasteiger partial charge in [-0.1, -0.05) is 24.6 Å². The summed E-state index contributed by atoms with van der Waals surface area (Å²) in [5.74, 6) is 3.33. The van der Waals surface area contributed by atoms with E-state index in [1.54, 1.807) is 13.2 Å². The highest BCUT2D eigenvalue weighted by atomic mass is 16.5. The smallest absolute Gasteiger partial charge is 0.118 e. The van der Waals surface area contributed by atoms with Gasteiger partial charge in [0.1, 0.15) is 12.4 Å². The van der Waals surface area contributed by atoms with Crippen LogP contribution in [0.25, 0.3) is 0 Å². The molecule has 1 atom stereocenters. The molecule has 1 aromatic rings. The summed E-state index contributed by atoms with van der Waals surface area (Å²) in [4.78, 5) is 0. The molecule has 1 unspecified atom stereocenters. The van der Waals surface area contributed by atoms with Crippen LogP contribution in [0.1, 0.15) is 12.0 Å². The van der Waals surface area contributed by atoms with E-state index in [4.69, 9.17) is 15.9 Å². The maximum Gasteiger partial charge on any atom is 0.118 e. The van der Waals surface area contributed by atoms with Crippen LogP contribution >= 0.6 is 0 Å². The van der Waals surface area contributed by atoms with Gasteiger partial charge in [-0.15, -0.1) is 12.2 Å². The van der Waals surface area contributed by atoms with Crippen molar-refractivity contribution in [3.05, 3.63) is 48.2 Å². The van der Waals surface area contributed by atoms with Crippen molar-refractivity contribution in [2.24, 2.45) is 0 Å². The van der Waals surface area contributed by atoms with E-state index in [0.29, 0.717) is 6.61 Å². The zero-order valence-electron chi connectivity index (χ0n) is 10.7. The van der Waals surface area contributed by atoms with E-state index in [1.807, 2.05) is 12.1 Å². The van der Waals surface area contributed by atoms with Gasteiger partial charge in [0.25, 0.3) is 0 Å². The molecular formula is C16H18O2. The summed E-state index contributed by atoms with van der Waals surface area (Å²) >= 11 is 0. The second-order valence-corrected chi connectivity index (χ2v) is 3.81. The summed E-state index contributed by atoms with van der Waals surface area (Å²) in [6.45, 7) is 3.87. The molecular weight excluding hydrogens is 224 g/mol. The first-order valence-corrected chi connectivity index (χ1v) is 5.84. The molecule has 0 aliphatic heterocycles. The Bertz CT molecular complexity index is 433. The van der Waals surface area contributed by atoms with Crippen molar-refractivity contribution < 1.29 is 9.47 Å². The third kappa shape index (κ3) is 4.93. The molecule has 0 fully saturated rings. The molecule has 0 aromatic heterocycles. The Hall–Kier alpha value is -1.94. The molecule has 0 heterocycles. The van der Waals surface area contributed by atoms with E-state index in [2.05, 4.69) is 30.4 Å². The molecule has 2 heteroatoms. The van der Waals surface area contributed by atoms with Crippen LogP contribution in [0, 0.1) is 12.3 Å². The highest BCUT2D eigenvalue weighted by Gasteiger charge is 2.05. The fourth-order valence-electron chi connectivity index (χ4n) is 1.60. The average molecular weight is 242 g/mol. The third-order valence-corrected chi connectivity index (χ3v) is 2.56. The molecule has 18 heavy (non-hydrogen) atoms. The highest BCUT2D eigenvalue weighted by molar-refractivity contribution is 5.27. The van der Waals surface area contributed by atoms with Gasteiger partial charge in [-0.05, 0) is 36.6 Å². The predicted molar refractivity (Wildman–Crippen MR) is 73.6 cm³/mol. The van der Waals surface area contributed by atoms with Crippen molar-refractivity contribution >= 4 is 0 Å². The van der Waals surface area contributed by atoms with Crippen LogP contribution in [0.4, 0.5) is 0 Å². The number of rotatable bonds is 7. The van der Waals surface area contributed by atoms with Crippen molar-refractivity contribution in [2.45, 2.75) is 18.9 Å². The quantitative estimate of drug-likeness (QED) is 0.540. The summed E-state index contributed by atoms with van der Waals surface area (Å²) in [6, 6.07) is 8.01. The second kappa shape index (κ2) is 8.20. The molecule has 1 aromatic carbocycles. The molecule has 1 rings (SSSR count). The molecule has 0 saturated heterocycles. The first-order chi connectivity index (χ1) is 8.80. The van der Waals surface area contributed by atoms with Gasteiger partial charge in [-0.2, -0.15) is 0 Å². The van der Waals surface area contributed by atoms with Gasteiger partial charge in [-0.3, -0.25) is 0 Å². The SMILES string of the molecule is C#CCOC(C=C=C)CCc1ccc(OC)cc1. The lowest BCUT2D eigenvalue weighted by atomic mass is 10.1. The lowest BCUT2D eigenvalue weighted by Crippen LogP contribution is -2.11. The number of benzene rings is 1. The van der Waals surface area contributed by atoms with E-state index < -0.39 is 0 Å². The Balaban J connectivity index is 2.50. The monoisotopic (exact) mass is 242 g/mol. The Kier molecular flexibility index (Phi) is 6.43. The van der Waals surface area contributed by atoms with Gasteiger partial charge in [0.2, 0.25) is 0 Å². The molecule has 0 spiro atoms. The van der Waals surface area contributed by atoms with E-state index in [1.165, 1.54) is 5.56 Å². The van der Waals surface area contributed by atoms with Gasteiger partial charge in [0.15, 0.2) is 0 Å². The molecule has 0 aliphatic rings. The Labute approximate surface area is 109 Å². The van der Waals surface area contributed by atoms with Crippen molar-refractivity contribution in [1.82, 2.24) is 0 Å². The van der Waals surface area contributed by atoms with Crippen molar-refractivity contribution in [1.29, 1.82) is 0 Å². The maximum atomic E-state index is 5.48. The summed E-state index contributed by atoms with van der Waals surface area (Å²) in [5.41, 5.74) is 3.98. The molecule has 2 nitrogen and oxygen atoms in total. The molecule has 94 valence electrons. The normalized spacial score (nSPS) is 11.1. The molecule has 0 N–H and O–H groups in total. The van der Waals surface area contributed by atoms with Crippen molar-refractivity contribution in [3.8, 4) is 18.1 Å². The van der Waals surface area contributed by atoms with Gasteiger partial charge >= 0.3 is 0 Å². The van der Waals surface area contributed by atoms with Crippen LogP contribution in [-0.2, 0) is 11.2 Å². The predicted octanol–water partition coefficient (Wildman–Crippen LogP) is 2.99. The van der Waals surface area contributed by atoms with Crippen LogP contribution in [0.3, 0.4) is 0 Å². The van der Waals surface area contributed by atoms with Gasteiger partial charge in [0.05, 0.1) is 13.2 Å². The Morgan fingerprint density at radius 2 is 2.11 bits per heavy atom. The fourth-order valence-corrected chi connectivity index (χ4v) is 1.60. The lowest BCUT2D eigenvalue weighted by Gasteiger charge is -2.11. The minimum absolute atomic E-state index is 0.0272. The lowest BCUT2D eigenvalue weighted by molar-refractivity contribution is 0.107. The van der Waals surface area contributed by atoms with Gasteiger partial charge in [-0.25, -0.2) is 0 Å². The number of aryl methyl sites for hydroxylation is 1. The zero-order chi connectivity index (χ0) is 13.2. The maximum absolute atomic E-state index is 5.48. The molecule has 0 radical (unpaired) electrons. The van der Waals surface area contributed by atoms with E-state index in [-0.39, 0.29) is 6.10 Å².